The van der Waals surface area contributed by atoms with Crippen LogP contribution in [-0.4, -0.2) is 121 Å². The number of anilines is 1. The molecule has 0 saturated carbocycles. The fourth-order valence-corrected chi connectivity index (χ4v) is 8.57. The van der Waals surface area contributed by atoms with Crippen LogP contribution in [0.4, 0.5) is 19.1 Å². The molecule has 21 nitrogen and oxygen atoms in total. The molecule has 3 aromatic carbocycles. The van der Waals surface area contributed by atoms with Gasteiger partial charge >= 0.3 is 18.1 Å². The highest BCUT2D eigenvalue weighted by Gasteiger charge is 2.38. The number of nitrogens with zero attached hydrogens (tertiary/aromatic N) is 3. The molecule has 1 amide bonds. The summed E-state index contributed by atoms with van der Waals surface area (Å²) < 4.78 is 120. The third-order valence-electron chi connectivity index (χ3n) is 8.68. The number of imidazole rings is 1. The second-order valence-electron chi connectivity index (χ2n) is 13.5. The lowest BCUT2D eigenvalue weighted by Gasteiger charge is -2.16. The van der Waals surface area contributed by atoms with Gasteiger partial charge in [0, 0.05) is 55.6 Å². The van der Waals surface area contributed by atoms with Crippen molar-refractivity contribution in [1.82, 2.24) is 34.5 Å². The van der Waals surface area contributed by atoms with Crippen molar-refractivity contribution >= 4 is 64.9 Å². The lowest BCUT2D eigenvalue weighted by molar-refractivity contribution is -0.192. The van der Waals surface area contributed by atoms with Crippen LogP contribution in [0.3, 0.4) is 0 Å². The van der Waals surface area contributed by atoms with Crippen LogP contribution in [0.2, 0.25) is 0 Å². The number of hydrogen-bond donors (Lipinski definition) is 9. The molecular formula is C36H42F3N9O12S3. The highest BCUT2D eigenvalue weighted by atomic mass is 32.2. The van der Waals surface area contributed by atoms with Crippen LogP contribution in [-0.2, 0) is 46.3 Å². The van der Waals surface area contributed by atoms with Gasteiger partial charge in [0.05, 0.1) is 27.3 Å². The number of aromatic amines is 1. The van der Waals surface area contributed by atoms with Crippen LogP contribution < -0.4 is 25.8 Å². The van der Waals surface area contributed by atoms with E-state index in [0.717, 1.165) is 11.9 Å². The van der Waals surface area contributed by atoms with E-state index >= 15 is 0 Å². The van der Waals surface area contributed by atoms with Crippen molar-refractivity contribution in [1.29, 1.82) is 0 Å². The van der Waals surface area contributed by atoms with E-state index < -0.39 is 78.6 Å². The Kier molecular flexibility index (Phi) is 16.9. The minimum Gasteiger partial charge on any atom is -0.480 e. The van der Waals surface area contributed by atoms with Crippen LogP contribution in [0.1, 0.15) is 29.6 Å². The first-order valence-electron chi connectivity index (χ1n) is 18.4. The Morgan fingerprint density at radius 2 is 1.46 bits per heavy atom. The summed E-state index contributed by atoms with van der Waals surface area (Å²) in [5.74, 6) is -4.83. The Morgan fingerprint density at radius 3 is 2.00 bits per heavy atom. The number of sulfonamides is 2. The minimum atomic E-state index is -5.08. The van der Waals surface area contributed by atoms with Gasteiger partial charge in [0.15, 0.2) is 5.95 Å². The van der Waals surface area contributed by atoms with E-state index in [4.69, 9.17) is 20.2 Å². The summed E-state index contributed by atoms with van der Waals surface area (Å²) in [6.45, 7) is 0.709. The van der Waals surface area contributed by atoms with Crippen molar-refractivity contribution < 1.29 is 67.6 Å². The van der Waals surface area contributed by atoms with Gasteiger partial charge in [-0.15, -0.1) is 0 Å². The zero-order valence-corrected chi connectivity index (χ0v) is 35.1. The van der Waals surface area contributed by atoms with Gasteiger partial charge in [-0.1, -0.05) is 24.3 Å². The summed E-state index contributed by atoms with van der Waals surface area (Å²) in [6.07, 6.45) is 1.05. The molecule has 0 aliphatic rings. The summed E-state index contributed by atoms with van der Waals surface area (Å²) in [7, 11) is -12.5. The molecule has 0 unspecified atom stereocenters. The molecule has 10 N–H and O–H groups in total. The van der Waals surface area contributed by atoms with Gasteiger partial charge in [-0.3, -0.25) is 18.8 Å². The number of carboxylic acid groups (broad SMARTS) is 2. The Hall–Kier alpha value is -5.97. The fraction of sp³-hybridized carbons (Fsp3) is 0.306. The van der Waals surface area contributed by atoms with Crippen LogP contribution in [0.25, 0.3) is 22.0 Å². The lowest BCUT2D eigenvalue weighted by atomic mass is 10.1. The topological polar surface area (TPSA) is 335 Å². The number of nitrogens with one attached hydrogen (secondary N) is 5. The molecule has 2 heterocycles. The van der Waals surface area contributed by atoms with Crippen LogP contribution in [0.5, 0.6) is 0 Å². The molecule has 2 aromatic heterocycles. The first-order valence-corrected chi connectivity index (χ1v) is 23.0. The van der Waals surface area contributed by atoms with Gasteiger partial charge in [0.1, 0.15) is 6.04 Å². The van der Waals surface area contributed by atoms with E-state index in [1.54, 1.807) is 41.5 Å². The van der Waals surface area contributed by atoms with Crippen molar-refractivity contribution in [2.45, 2.75) is 53.9 Å². The molecule has 342 valence electrons. The molecule has 5 aromatic rings. The number of carbonyl (C=O) groups excluding carboxylic acids is 1. The molecule has 2 atom stereocenters. The lowest BCUT2D eigenvalue weighted by Crippen LogP contribution is -2.48. The highest BCUT2D eigenvalue weighted by molar-refractivity contribution is 7.89. The van der Waals surface area contributed by atoms with Crippen LogP contribution >= 0.6 is 0 Å². The maximum Gasteiger partial charge on any atom is 0.490 e. The van der Waals surface area contributed by atoms with Crippen LogP contribution in [0.15, 0.2) is 95.1 Å². The average Bonchev–Trinajstić information content (AvgIpc) is 3.89. The molecule has 5 rings (SSSR count). The zero-order valence-electron chi connectivity index (χ0n) is 32.7. The number of carboxylic acids is 2. The summed E-state index contributed by atoms with van der Waals surface area (Å²) in [5.41, 5.74) is 7.77. The molecule has 27 heteroatoms. The Morgan fingerprint density at radius 1 is 0.857 bits per heavy atom. The average molecular weight is 946 g/mol. The predicted octanol–water partition coefficient (Wildman–Crippen LogP) is 2.00. The number of aryl methyl sites for hydroxylation is 1. The van der Waals surface area contributed by atoms with Crippen LogP contribution in [0, 0.1) is 0 Å². The highest BCUT2D eigenvalue weighted by Crippen LogP contribution is 2.24. The Bertz CT molecular complexity index is 2680. The van der Waals surface area contributed by atoms with E-state index in [-0.39, 0.29) is 34.7 Å². The minimum absolute atomic E-state index is 0.0144. The Labute approximate surface area is 358 Å². The number of nitrogens with two attached hydrogens (primary N) is 1. The van der Waals surface area contributed by atoms with Gasteiger partial charge in [0.2, 0.25) is 20.0 Å². The van der Waals surface area contributed by atoms with E-state index in [1.165, 1.54) is 48.5 Å². The number of hydrogen-bond acceptors (Lipinski definition) is 13. The van der Waals surface area contributed by atoms with Crippen molar-refractivity contribution in [3.8, 4) is 11.1 Å². The first-order chi connectivity index (χ1) is 29.4. The number of aromatic nitrogens is 4. The van der Waals surface area contributed by atoms with E-state index in [2.05, 4.69) is 35.1 Å². The summed E-state index contributed by atoms with van der Waals surface area (Å²) in [6, 6.07) is 13.6. The van der Waals surface area contributed by atoms with Crippen molar-refractivity contribution in [3.05, 3.63) is 90.9 Å². The monoisotopic (exact) mass is 945 g/mol. The fourth-order valence-electron chi connectivity index (χ4n) is 5.60. The quantitative estimate of drug-likeness (QED) is 0.0375. The molecule has 63 heavy (non-hydrogen) atoms. The molecule has 0 spiro atoms. The van der Waals surface area contributed by atoms with E-state index in [9.17, 15) is 53.1 Å². The predicted molar refractivity (Wildman–Crippen MR) is 220 cm³/mol. The smallest absolute Gasteiger partial charge is 0.480 e. The van der Waals surface area contributed by atoms with Gasteiger partial charge in [-0.2, -0.15) is 31.4 Å². The number of amides is 1. The SMILES string of the molecule is N[C@H](CCCNS(=O)(=O)c1ccc(-c2ccc(S(=O)(=O)N[C@@H](CNC(=O)c3ccc4c(cnn4CCCNc4ncc[nH]4)c3)C(=O)O)cc2)cc1)CS(=O)(=O)O.O=C(O)C(F)(F)F. The van der Waals surface area contributed by atoms with Crippen molar-refractivity contribution in [2.24, 2.45) is 5.73 Å². The summed E-state index contributed by atoms with van der Waals surface area (Å²) in [4.78, 5) is 40.7. The molecule has 0 fully saturated rings. The van der Waals surface area contributed by atoms with E-state index in [1.807, 2.05) is 0 Å². The first kappa shape index (κ1) is 49.7. The molecule has 0 bridgehead atoms. The third kappa shape index (κ3) is 15.4. The molecule has 0 saturated heterocycles. The Balaban J connectivity index is 0.00000115. The van der Waals surface area contributed by atoms with Gasteiger partial charge in [-0.25, -0.2) is 31.3 Å². The number of halogens is 3. The van der Waals surface area contributed by atoms with Crippen molar-refractivity contribution in [3.63, 3.8) is 0 Å². The maximum absolute atomic E-state index is 13.2. The number of H-pyrrole nitrogens is 1. The number of alkyl halides is 3. The van der Waals surface area contributed by atoms with Gasteiger partial charge in [0.25, 0.3) is 16.0 Å². The van der Waals surface area contributed by atoms with Gasteiger partial charge < -0.3 is 31.6 Å². The molecule has 0 aliphatic heterocycles. The molecule has 0 radical (unpaired) electrons. The normalized spacial score (nSPS) is 13.1. The summed E-state index contributed by atoms with van der Waals surface area (Å²) in [5, 5.41) is 27.6. The molecule has 0 aliphatic carbocycles. The number of aliphatic carboxylic acids is 2. The summed E-state index contributed by atoms with van der Waals surface area (Å²) >= 11 is 0. The van der Waals surface area contributed by atoms with E-state index in [0.29, 0.717) is 35.6 Å². The van der Waals surface area contributed by atoms with Crippen molar-refractivity contribution in [2.75, 3.05) is 30.7 Å². The largest absolute Gasteiger partial charge is 0.490 e. The third-order valence-corrected chi connectivity index (χ3v) is 12.5. The number of carbonyl (C=O) groups is 3. The molecular weight excluding hydrogens is 904 g/mol. The standard InChI is InChI=1S/C34H41N9O10S3.C2HF3O2/c35-27(22-54(47,48)49)3-1-15-41-55(50,51)28-9-4-23(5-10-28)24-6-11-29(12-7-24)56(52,53)42-30(33(45)46)21-39-32(44)25-8-13-31-26(19-25)20-40-43(31)18-2-14-36-34-37-16-17-38-34;3-2(4,5)1(6)7/h4-13,16-17,19-20,27,30,41-42H,1-3,14-15,18,21-22,35H2,(H,39,44)(H,45,46)(H2,36,37,38)(H,47,48,49);(H,6,7)/t27-,30+;/m1./s1. The van der Waals surface area contributed by atoms with Gasteiger partial charge in [-0.05, 0) is 72.9 Å². The maximum atomic E-state index is 13.2. The number of benzene rings is 3. The second-order valence-corrected chi connectivity index (χ2v) is 18.5. The zero-order chi connectivity index (χ0) is 46.6. The second kappa shape index (κ2) is 21.4. The number of fused-ring (bicyclic) bond motifs is 1. The number of rotatable bonds is 21.